The number of carbonyl (C=O) groups excluding carboxylic acids is 19. The molecule has 0 saturated heterocycles. The number of aliphatic hydroxyl groups is 1. The Morgan fingerprint density at radius 2 is 0.545 bits per heavy atom. The predicted molar refractivity (Wildman–Crippen MR) is 459 cm³/mol. The summed E-state index contributed by atoms with van der Waals surface area (Å²) in [6.07, 6.45) is 3.81. The Morgan fingerprint density at radius 1 is 0.285 bits per heavy atom. The molecule has 123 heavy (non-hydrogen) atoms. The van der Waals surface area contributed by atoms with Gasteiger partial charge < -0.3 is 108 Å². The molecule has 0 aromatic rings. The number of hydrogen-bond acceptors (Lipinski definition) is 21. The maximum Gasteiger partial charge on any atom is 0.306 e. The van der Waals surface area contributed by atoms with Crippen molar-refractivity contribution in [1.82, 2.24) is 69.1 Å². The number of primary amides is 5. The average Bonchev–Trinajstić information content (AvgIpc) is 0.848. The molecule has 0 rings (SSSR count). The van der Waals surface area contributed by atoms with Crippen LogP contribution in [0.2, 0.25) is 0 Å². The van der Waals surface area contributed by atoms with E-state index in [1.54, 1.807) is 76.2 Å². The molecule has 0 spiro atoms. The minimum Gasteiger partial charge on any atom is -0.463 e. The van der Waals surface area contributed by atoms with E-state index in [0.717, 1.165) is 38.5 Å². The molecule has 0 radical (unpaired) electrons. The SMILES string of the molecule is CCCCCCCCCC(=O)N[C@@H](CC(C)C)C(=O)N[C@@H](CCCO)C(=O)N[C@H](CCC(N)=O)C(=O)N[C@@H](C(=O)N[C@H](CC(C)C)C(=O)N[C@@H](CCC(N)=O)C(=O)N[C@H](COC(=O)C[C@@H](C)CC)C(=O)N[C@@H](C(=O)N[C@H](CC(C)C)C(=O)N[C@H](CCC(N)=O)C(=O)N[C@@H](CC(C)C)C(=O)N[C@@H](CC(C)C)C(=O)N[C@H](CCC(N)=O)C(N)=O)C(C)C)C(C)C. The van der Waals surface area contributed by atoms with Crippen molar-refractivity contribution in [2.75, 3.05) is 13.2 Å². The summed E-state index contributed by atoms with van der Waals surface area (Å²) in [5.41, 5.74) is 27.4. The van der Waals surface area contributed by atoms with Gasteiger partial charge in [-0.2, -0.15) is 0 Å². The first kappa shape index (κ1) is 113. The molecular formula is C84H150N18O21. The average molecular weight is 1750 g/mol. The highest BCUT2D eigenvalue weighted by Gasteiger charge is 2.40. The molecule has 0 aliphatic heterocycles. The zero-order chi connectivity index (χ0) is 94.1. The molecular weight excluding hydrogens is 1600 g/mol. The van der Waals surface area contributed by atoms with Gasteiger partial charge in [0.15, 0.2) is 0 Å². The summed E-state index contributed by atoms with van der Waals surface area (Å²) in [6.45, 7) is 28.1. The van der Waals surface area contributed by atoms with Gasteiger partial charge in [-0.3, -0.25) is 91.1 Å². The highest BCUT2D eigenvalue weighted by atomic mass is 16.5. The van der Waals surface area contributed by atoms with E-state index in [1.807, 2.05) is 20.8 Å². The van der Waals surface area contributed by atoms with Gasteiger partial charge in [0.05, 0.1) is 0 Å². The molecule has 0 aromatic carbocycles. The van der Waals surface area contributed by atoms with Crippen molar-refractivity contribution in [3.8, 4) is 0 Å². The van der Waals surface area contributed by atoms with Crippen LogP contribution in [0.15, 0.2) is 0 Å². The lowest BCUT2D eigenvalue weighted by Gasteiger charge is -2.30. The van der Waals surface area contributed by atoms with Crippen molar-refractivity contribution in [1.29, 1.82) is 0 Å². The van der Waals surface area contributed by atoms with Crippen LogP contribution in [0, 0.1) is 47.3 Å². The molecule has 18 amide bonds. The van der Waals surface area contributed by atoms with Crippen LogP contribution in [0.3, 0.4) is 0 Å². The number of hydrogen-bond donors (Lipinski definition) is 19. The Kier molecular flexibility index (Phi) is 55.5. The summed E-state index contributed by atoms with van der Waals surface area (Å²) >= 11 is 0. The number of carbonyl (C=O) groups is 19. The molecule has 14 atom stereocenters. The van der Waals surface area contributed by atoms with Crippen LogP contribution in [-0.4, -0.2) is 209 Å². The first-order chi connectivity index (χ1) is 57.5. The molecule has 0 aromatic heterocycles. The standard InChI is InChI=1S/C84H150N18O21/c1-18-20-21-22-23-24-25-28-68(108)90-58(38-45(3)4)77(115)92-54(27-26-37-103)73(111)93-57(32-36-67(88)107)76(114)101-70(50(13)14)83(121)98-62(42-49(11)12)80(118)95-56(31-35-66(87)106)75(113)100-63(44-123-69(109)43-52(17)19-2)82(120)102-71(51(15)16)84(122)99-61(41-48(9)10)79(117)94-55(30-34-65(86)105)74(112)96-60(40-47(7)8)81(119)97-59(39-46(5)6)78(116)91-53(72(89)110)29-33-64(85)104/h45-63,70-71,103H,18-44H2,1-17H3,(H2,85,104)(H2,86,105)(H2,87,106)(H2,88,107)(H2,89,110)(H,90,108)(H,91,116)(H,92,115)(H,93,111)(H,94,117)(H,95,118)(H,96,112)(H,97,119)(H,98,121)(H,99,122)(H,100,113)(H,101,114)(H,102,120)/t52-,53+,54-,55+,56-,57+,58-,59-,60-,61+,62+,63+,70+,71+/m0/s1. The first-order valence-corrected chi connectivity index (χ1v) is 43.6. The zero-order valence-corrected chi connectivity index (χ0v) is 75.7. The van der Waals surface area contributed by atoms with Crippen LogP contribution >= 0.6 is 0 Å². The van der Waals surface area contributed by atoms with E-state index in [-0.39, 0.29) is 112 Å². The molecule has 39 nitrogen and oxygen atoms in total. The van der Waals surface area contributed by atoms with E-state index in [1.165, 1.54) is 13.8 Å². The van der Waals surface area contributed by atoms with E-state index in [0.29, 0.717) is 12.8 Å². The molecule has 24 N–H and O–H groups in total. The summed E-state index contributed by atoms with van der Waals surface area (Å²) in [5, 5.41) is 43.6. The third kappa shape index (κ3) is 49.1. The largest absolute Gasteiger partial charge is 0.463 e. The molecule has 0 unspecified atom stereocenters. The number of rotatable bonds is 66. The molecule has 0 heterocycles. The smallest absolute Gasteiger partial charge is 0.306 e. The summed E-state index contributed by atoms with van der Waals surface area (Å²) in [4.78, 5) is 260. The number of nitrogens with two attached hydrogens (primary N) is 5. The third-order valence-electron chi connectivity index (χ3n) is 20.0. The normalized spacial score (nSPS) is 14.8. The maximum atomic E-state index is 14.8. The van der Waals surface area contributed by atoms with E-state index in [2.05, 4.69) is 76.0 Å². The van der Waals surface area contributed by atoms with E-state index >= 15 is 0 Å². The first-order valence-electron chi connectivity index (χ1n) is 43.6. The summed E-state index contributed by atoms with van der Waals surface area (Å²) in [7, 11) is 0. The highest BCUT2D eigenvalue weighted by molar-refractivity contribution is 6.01. The van der Waals surface area contributed by atoms with Gasteiger partial charge in [-0.15, -0.1) is 0 Å². The fourth-order valence-electron chi connectivity index (χ4n) is 13.0. The lowest BCUT2D eigenvalue weighted by Crippen LogP contribution is -2.62. The van der Waals surface area contributed by atoms with Crippen LogP contribution in [0.4, 0.5) is 0 Å². The van der Waals surface area contributed by atoms with Crippen LogP contribution in [0.1, 0.15) is 278 Å². The lowest BCUT2D eigenvalue weighted by molar-refractivity contribution is -0.148. The van der Waals surface area contributed by atoms with Crippen LogP contribution in [0.25, 0.3) is 0 Å². The second kappa shape index (κ2) is 60.4. The van der Waals surface area contributed by atoms with Crippen molar-refractivity contribution in [2.24, 2.45) is 76.0 Å². The van der Waals surface area contributed by atoms with Gasteiger partial charge in [-0.25, -0.2) is 0 Å². The Balaban J connectivity index is 7.45. The van der Waals surface area contributed by atoms with E-state index in [9.17, 15) is 96.2 Å². The fraction of sp³-hybridized carbons (Fsp3) is 0.774. The van der Waals surface area contributed by atoms with Gasteiger partial charge in [0, 0.05) is 45.1 Å². The van der Waals surface area contributed by atoms with Crippen molar-refractivity contribution in [2.45, 2.75) is 357 Å². The molecule has 0 aliphatic carbocycles. The number of ether oxygens (including phenoxy) is 1. The minimum atomic E-state index is -1.89. The van der Waals surface area contributed by atoms with Crippen molar-refractivity contribution >= 4 is 112 Å². The maximum absolute atomic E-state index is 14.8. The predicted octanol–water partition coefficient (Wildman–Crippen LogP) is 0.271. The summed E-state index contributed by atoms with van der Waals surface area (Å²) in [6, 6.07) is -19.4. The molecule has 702 valence electrons. The summed E-state index contributed by atoms with van der Waals surface area (Å²) < 4.78 is 5.55. The van der Waals surface area contributed by atoms with Gasteiger partial charge in [0.2, 0.25) is 106 Å². The minimum absolute atomic E-state index is 0.00572. The Morgan fingerprint density at radius 3 is 0.846 bits per heavy atom. The van der Waals surface area contributed by atoms with Gasteiger partial charge in [-0.1, -0.05) is 163 Å². The quantitative estimate of drug-likeness (QED) is 0.0287. The van der Waals surface area contributed by atoms with Crippen molar-refractivity contribution in [3.63, 3.8) is 0 Å². The van der Waals surface area contributed by atoms with Crippen LogP contribution < -0.4 is 97.8 Å². The van der Waals surface area contributed by atoms with Gasteiger partial charge >= 0.3 is 5.97 Å². The molecule has 0 saturated carbocycles. The van der Waals surface area contributed by atoms with Crippen LogP contribution in [0.5, 0.6) is 0 Å². The van der Waals surface area contributed by atoms with Gasteiger partial charge in [-0.05, 0) is 124 Å². The monoisotopic (exact) mass is 1750 g/mol. The van der Waals surface area contributed by atoms with E-state index in [4.69, 9.17) is 33.4 Å². The van der Waals surface area contributed by atoms with Crippen molar-refractivity contribution in [3.05, 3.63) is 0 Å². The topological polar surface area (TPSA) is 640 Å². The Hall–Kier alpha value is -10.1. The van der Waals surface area contributed by atoms with E-state index < -0.39 is 249 Å². The molecule has 0 fully saturated rings. The van der Waals surface area contributed by atoms with Gasteiger partial charge in [0.25, 0.3) is 0 Å². The van der Waals surface area contributed by atoms with Gasteiger partial charge in [0.1, 0.15) is 85.2 Å². The molecule has 39 heteroatoms. The number of nitrogens with one attached hydrogen (secondary N) is 13. The van der Waals surface area contributed by atoms with Crippen molar-refractivity contribution < 1.29 is 101 Å². The van der Waals surface area contributed by atoms with Crippen LogP contribution in [-0.2, 0) is 95.8 Å². The number of aliphatic hydroxyl groups excluding tert-OH is 1. The number of amides is 18. The molecule has 0 bridgehead atoms. The second-order valence-corrected chi connectivity index (χ2v) is 34.9. The highest BCUT2D eigenvalue weighted by Crippen LogP contribution is 2.18. The summed E-state index contributed by atoms with van der Waals surface area (Å²) in [5.74, 6) is -20.3. The number of unbranched alkanes of at least 4 members (excludes halogenated alkanes) is 6. The third-order valence-corrected chi connectivity index (χ3v) is 20.0. The molecule has 0 aliphatic rings. The second-order valence-electron chi connectivity index (χ2n) is 34.9. The number of esters is 1. The Labute approximate surface area is 725 Å². The Bertz CT molecular complexity index is 3450. The fourth-order valence-corrected chi connectivity index (χ4v) is 13.0. The zero-order valence-electron chi connectivity index (χ0n) is 75.7. The lowest BCUT2D eigenvalue weighted by atomic mass is 9.98.